The highest BCUT2D eigenvalue weighted by molar-refractivity contribution is 6.08. The molecule has 0 radical (unpaired) electrons. The van der Waals surface area contributed by atoms with Crippen LogP contribution in [0.5, 0.6) is 0 Å². The molecule has 28 heavy (non-hydrogen) atoms. The number of fused-ring (bicyclic) bond motifs is 1. The summed E-state index contributed by atoms with van der Waals surface area (Å²) in [6, 6.07) is 10.3. The lowest BCUT2D eigenvalue weighted by Crippen LogP contribution is -2.49. The highest BCUT2D eigenvalue weighted by atomic mass is 16.5. The molecule has 1 unspecified atom stereocenters. The Morgan fingerprint density at radius 3 is 2.79 bits per heavy atom. The standard InChI is InChI=1S/C21H29N5O2/c1-21(2)17-13-22-19(24-16-8-10-28-11-9-16)25-18(17)14-26(21)20(27)23-12-15-6-4-3-5-7-15/h3-7,13,16,19,22,24H,8-12,14H2,1-2H3,(H,23,27). The van der Waals surface area contributed by atoms with Crippen molar-refractivity contribution in [2.24, 2.45) is 4.99 Å². The normalized spacial score (nSPS) is 24.1. The summed E-state index contributed by atoms with van der Waals surface area (Å²) in [6.45, 7) is 6.76. The minimum atomic E-state index is -0.406. The number of hydrogen-bond acceptors (Lipinski definition) is 5. The van der Waals surface area contributed by atoms with Crippen LogP contribution in [0.15, 0.2) is 47.1 Å². The van der Waals surface area contributed by atoms with Crippen LogP contribution in [0, 0.1) is 0 Å². The van der Waals surface area contributed by atoms with Gasteiger partial charge in [0.25, 0.3) is 0 Å². The summed E-state index contributed by atoms with van der Waals surface area (Å²) in [4.78, 5) is 19.6. The van der Waals surface area contributed by atoms with Crippen molar-refractivity contribution < 1.29 is 9.53 Å². The third-order valence-electron chi connectivity index (χ3n) is 5.77. The zero-order valence-corrected chi connectivity index (χ0v) is 16.6. The van der Waals surface area contributed by atoms with Crippen molar-refractivity contribution in [3.05, 3.63) is 47.7 Å². The van der Waals surface area contributed by atoms with Gasteiger partial charge in [-0.3, -0.25) is 5.32 Å². The number of hydrogen-bond donors (Lipinski definition) is 3. The monoisotopic (exact) mass is 383 g/mol. The van der Waals surface area contributed by atoms with Crippen LogP contribution in [-0.2, 0) is 11.3 Å². The average Bonchev–Trinajstić information content (AvgIpc) is 2.98. The number of rotatable bonds is 4. The van der Waals surface area contributed by atoms with Gasteiger partial charge in [0.05, 0.1) is 17.8 Å². The smallest absolute Gasteiger partial charge is 0.318 e. The van der Waals surface area contributed by atoms with E-state index >= 15 is 0 Å². The molecule has 2 fully saturated rings. The molecule has 1 atom stereocenters. The molecular formula is C21H29N5O2. The molecule has 3 heterocycles. The Morgan fingerprint density at radius 1 is 1.29 bits per heavy atom. The quantitative estimate of drug-likeness (QED) is 0.743. The Labute approximate surface area is 166 Å². The number of nitrogens with zero attached hydrogens (tertiary/aromatic N) is 2. The first-order valence-electron chi connectivity index (χ1n) is 10.0. The Bertz CT molecular complexity index is 768. The SMILES string of the molecule is CC1(C)C2=CNC(NC3CCOCC3)N=C2CN1C(=O)NCc1ccccc1. The molecule has 0 aliphatic carbocycles. The summed E-state index contributed by atoms with van der Waals surface area (Å²) in [7, 11) is 0. The topological polar surface area (TPSA) is 78.0 Å². The highest BCUT2D eigenvalue weighted by Crippen LogP contribution is 2.33. The van der Waals surface area contributed by atoms with Crippen molar-refractivity contribution in [1.29, 1.82) is 0 Å². The summed E-state index contributed by atoms with van der Waals surface area (Å²) in [5.74, 6) is 0. The fourth-order valence-corrected chi connectivity index (χ4v) is 4.02. The summed E-state index contributed by atoms with van der Waals surface area (Å²) in [5, 5.41) is 9.94. The number of aliphatic imine (C=N–C) groups is 1. The van der Waals surface area contributed by atoms with Crippen molar-refractivity contribution >= 4 is 11.7 Å². The Balaban J connectivity index is 1.40. The third kappa shape index (κ3) is 3.91. The van der Waals surface area contributed by atoms with Gasteiger partial charge in [-0.25, -0.2) is 9.79 Å². The molecule has 3 aliphatic heterocycles. The molecule has 0 spiro atoms. The molecule has 2 amide bonds. The van der Waals surface area contributed by atoms with E-state index in [0.717, 1.165) is 42.9 Å². The first-order chi connectivity index (χ1) is 13.5. The summed E-state index contributed by atoms with van der Waals surface area (Å²) < 4.78 is 5.42. The zero-order valence-electron chi connectivity index (χ0n) is 16.6. The van der Waals surface area contributed by atoms with E-state index in [-0.39, 0.29) is 12.3 Å². The van der Waals surface area contributed by atoms with E-state index in [1.54, 1.807) is 0 Å². The molecule has 2 saturated heterocycles. The molecule has 1 aromatic carbocycles. The van der Waals surface area contributed by atoms with Gasteiger partial charge in [0.2, 0.25) is 0 Å². The molecule has 0 bridgehead atoms. The lowest BCUT2D eigenvalue weighted by atomic mass is 9.94. The number of carbonyl (C=O) groups excluding carboxylic acids is 1. The van der Waals surface area contributed by atoms with Crippen molar-refractivity contribution in [2.75, 3.05) is 19.8 Å². The van der Waals surface area contributed by atoms with E-state index in [2.05, 4.69) is 29.8 Å². The fourth-order valence-electron chi connectivity index (χ4n) is 4.02. The number of likely N-dealkylation sites (tertiary alicyclic amines) is 1. The van der Waals surface area contributed by atoms with Crippen LogP contribution in [0.2, 0.25) is 0 Å². The van der Waals surface area contributed by atoms with E-state index in [4.69, 9.17) is 9.73 Å². The number of ether oxygens (including phenoxy) is 1. The number of urea groups is 1. The van der Waals surface area contributed by atoms with Gasteiger partial charge in [0.15, 0.2) is 6.29 Å². The lowest BCUT2D eigenvalue weighted by Gasteiger charge is -2.33. The van der Waals surface area contributed by atoms with Gasteiger partial charge < -0.3 is 20.3 Å². The van der Waals surface area contributed by atoms with Crippen molar-refractivity contribution in [3.8, 4) is 0 Å². The molecule has 0 aromatic heterocycles. The maximum Gasteiger partial charge on any atom is 0.318 e. The second-order valence-electron chi connectivity index (χ2n) is 8.05. The van der Waals surface area contributed by atoms with Gasteiger partial charge in [-0.15, -0.1) is 0 Å². The van der Waals surface area contributed by atoms with Crippen LogP contribution in [-0.4, -0.2) is 54.3 Å². The van der Waals surface area contributed by atoms with Crippen LogP contribution in [0.4, 0.5) is 4.79 Å². The summed E-state index contributed by atoms with van der Waals surface area (Å²) in [6.07, 6.45) is 3.87. The summed E-state index contributed by atoms with van der Waals surface area (Å²) >= 11 is 0. The maximum absolute atomic E-state index is 12.9. The molecule has 7 heteroatoms. The molecule has 3 N–H and O–H groups in total. The molecule has 7 nitrogen and oxygen atoms in total. The average molecular weight is 383 g/mol. The molecule has 0 saturated carbocycles. The molecule has 150 valence electrons. The van der Waals surface area contributed by atoms with E-state index in [9.17, 15) is 4.79 Å². The third-order valence-corrected chi connectivity index (χ3v) is 5.77. The van der Waals surface area contributed by atoms with Crippen molar-refractivity contribution in [2.45, 2.75) is 51.1 Å². The van der Waals surface area contributed by atoms with E-state index in [0.29, 0.717) is 19.1 Å². The molecule has 4 rings (SSSR count). The van der Waals surface area contributed by atoms with E-state index in [1.807, 2.05) is 41.4 Å². The largest absolute Gasteiger partial charge is 0.381 e. The van der Waals surface area contributed by atoms with Gasteiger partial charge in [0.1, 0.15) is 0 Å². The van der Waals surface area contributed by atoms with Gasteiger partial charge in [-0.05, 0) is 32.3 Å². The van der Waals surface area contributed by atoms with Crippen LogP contribution >= 0.6 is 0 Å². The minimum Gasteiger partial charge on any atom is -0.381 e. The molecule has 3 aliphatic rings. The Kier molecular flexibility index (Phi) is 5.37. The molecular weight excluding hydrogens is 354 g/mol. The number of benzene rings is 1. The first kappa shape index (κ1) is 19.0. The Hall–Kier alpha value is -2.38. The Morgan fingerprint density at radius 2 is 2.04 bits per heavy atom. The second kappa shape index (κ2) is 7.93. The predicted octanol–water partition coefficient (Wildman–Crippen LogP) is 1.97. The van der Waals surface area contributed by atoms with Crippen LogP contribution in [0.3, 0.4) is 0 Å². The molecule has 1 aromatic rings. The number of nitrogens with one attached hydrogen (secondary N) is 3. The van der Waals surface area contributed by atoms with Crippen LogP contribution in [0.25, 0.3) is 0 Å². The van der Waals surface area contributed by atoms with Gasteiger partial charge in [-0.2, -0.15) is 0 Å². The van der Waals surface area contributed by atoms with Gasteiger partial charge in [-0.1, -0.05) is 30.3 Å². The second-order valence-corrected chi connectivity index (χ2v) is 8.05. The van der Waals surface area contributed by atoms with Gasteiger partial charge >= 0.3 is 6.03 Å². The van der Waals surface area contributed by atoms with E-state index < -0.39 is 5.54 Å². The van der Waals surface area contributed by atoms with Crippen LogP contribution < -0.4 is 16.0 Å². The van der Waals surface area contributed by atoms with E-state index in [1.165, 1.54) is 0 Å². The lowest BCUT2D eigenvalue weighted by molar-refractivity contribution is 0.0743. The summed E-state index contributed by atoms with van der Waals surface area (Å²) in [5.41, 5.74) is 2.73. The highest BCUT2D eigenvalue weighted by Gasteiger charge is 2.45. The van der Waals surface area contributed by atoms with Crippen LogP contribution in [0.1, 0.15) is 32.3 Å². The zero-order chi connectivity index (χ0) is 19.6. The van der Waals surface area contributed by atoms with Crippen molar-refractivity contribution in [1.82, 2.24) is 20.9 Å². The number of carbonyl (C=O) groups is 1. The minimum absolute atomic E-state index is 0.0687. The maximum atomic E-state index is 12.9. The first-order valence-corrected chi connectivity index (χ1v) is 10.0. The predicted molar refractivity (Wildman–Crippen MR) is 109 cm³/mol. The van der Waals surface area contributed by atoms with Crippen molar-refractivity contribution in [3.63, 3.8) is 0 Å². The fraction of sp³-hybridized carbons (Fsp3) is 0.524. The van der Waals surface area contributed by atoms with Gasteiger partial charge in [0, 0.05) is 37.6 Å². The number of amides is 2.